The van der Waals surface area contributed by atoms with Crippen LogP contribution in [-0.4, -0.2) is 31.6 Å². The molecule has 0 N–H and O–H groups in total. The molecule has 4 heteroatoms. The van der Waals surface area contributed by atoms with Crippen molar-refractivity contribution in [1.29, 1.82) is 5.26 Å². The second-order valence-corrected chi connectivity index (χ2v) is 4.07. The molecule has 1 aromatic rings. The van der Waals surface area contributed by atoms with Crippen LogP contribution in [0.15, 0.2) is 12.1 Å². The number of ether oxygens (including phenoxy) is 1. The van der Waals surface area contributed by atoms with Gasteiger partial charge in [0, 0.05) is 26.3 Å². The Labute approximate surface area is 106 Å². The number of benzene rings is 1. The van der Waals surface area contributed by atoms with Crippen molar-refractivity contribution in [1.82, 2.24) is 4.90 Å². The van der Waals surface area contributed by atoms with Gasteiger partial charge in [0.15, 0.2) is 0 Å². The Morgan fingerprint density at radius 1 is 1.50 bits per heavy atom. The van der Waals surface area contributed by atoms with Crippen molar-refractivity contribution in [2.24, 2.45) is 0 Å². The summed E-state index contributed by atoms with van der Waals surface area (Å²) >= 11 is 0. The summed E-state index contributed by atoms with van der Waals surface area (Å²) in [6.07, 6.45) is 0. The van der Waals surface area contributed by atoms with Crippen molar-refractivity contribution < 1.29 is 9.53 Å². The van der Waals surface area contributed by atoms with Crippen LogP contribution in [0.2, 0.25) is 0 Å². The van der Waals surface area contributed by atoms with Crippen LogP contribution in [0.5, 0.6) is 0 Å². The number of amides is 1. The Morgan fingerprint density at radius 2 is 2.28 bits per heavy atom. The molecule has 0 saturated carbocycles. The molecule has 18 heavy (non-hydrogen) atoms. The van der Waals surface area contributed by atoms with Crippen LogP contribution in [0.25, 0.3) is 0 Å². The topological polar surface area (TPSA) is 53.3 Å². The minimum absolute atomic E-state index is 0.0991. The molecule has 0 aromatic heterocycles. The van der Waals surface area contributed by atoms with E-state index in [0.717, 1.165) is 11.1 Å². The maximum absolute atomic E-state index is 11.9. The predicted molar refractivity (Wildman–Crippen MR) is 65.7 cm³/mol. The first-order chi connectivity index (χ1) is 8.67. The number of methoxy groups -OCH3 is 1. The molecule has 1 aromatic carbocycles. The summed E-state index contributed by atoms with van der Waals surface area (Å²) in [6.45, 7) is 0.875. The van der Waals surface area contributed by atoms with Crippen molar-refractivity contribution in [3.63, 3.8) is 0 Å². The van der Waals surface area contributed by atoms with E-state index in [1.807, 2.05) is 6.07 Å². The summed E-state index contributed by atoms with van der Waals surface area (Å²) in [5.74, 6) is 5.66. The lowest BCUT2D eigenvalue weighted by molar-refractivity contribution is 0.0816. The van der Waals surface area contributed by atoms with Crippen LogP contribution in [0, 0.1) is 23.2 Å². The second kappa shape index (κ2) is 4.91. The molecule has 1 heterocycles. The first-order valence-electron chi connectivity index (χ1n) is 5.47. The molecule has 90 valence electrons. The van der Waals surface area contributed by atoms with Crippen molar-refractivity contribution >= 4 is 5.91 Å². The number of fused-ring (bicyclic) bond motifs is 1. The van der Waals surface area contributed by atoms with Gasteiger partial charge in [-0.25, -0.2) is 0 Å². The number of nitrogens with zero attached hydrogens (tertiary/aromatic N) is 2. The molecule has 4 nitrogen and oxygen atoms in total. The minimum Gasteiger partial charge on any atom is -0.372 e. The third-order valence-electron chi connectivity index (χ3n) is 2.76. The second-order valence-electron chi connectivity index (χ2n) is 4.07. The zero-order valence-electron chi connectivity index (χ0n) is 10.3. The van der Waals surface area contributed by atoms with Gasteiger partial charge in [0.05, 0.1) is 11.1 Å². The van der Waals surface area contributed by atoms with E-state index in [1.165, 1.54) is 0 Å². The Kier molecular flexibility index (Phi) is 3.32. The zero-order chi connectivity index (χ0) is 13.1. The molecule has 0 unspecified atom stereocenters. The summed E-state index contributed by atoms with van der Waals surface area (Å²) in [5.41, 5.74) is 2.51. The van der Waals surface area contributed by atoms with Crippen LogP contribution >= 0.6 is 0 Å². The summed E-state index contributed by atoms with van der Waals surface area (Å²) in [5, 5.41) is 9.11. The van der Waals surface area contributed by atoms with Crippen LogP contribution in [0.4, 0.5) is 0 Å². The van der Waals surface area contributed by atoms with Gasteiger partial charge in [-0.2, -0.15) is 5.26 Å². The monoisotopic (exact) mass is 240 g/mol. The van der Waals surface area contributed by atoms with Gasteiger partial charge in [0.2, 0.25) is 0 Å². The van der Waals surface area contributed by atoms with Crippen LogP contribution in [-0.2, 0) is 11.3 Å². The molecule has 0 bridgehead atoms. The van der Waals surface area contributed by atoms with Gasteiger partial charge in [-0.3, -0.25) is 4.79 Å². The van der Waals surface area contributed by atoms with Crippen molar-refractivity contribution in [2.45, 2.75) is 6.54 Å². The summed E-state index contributed by atoms with van der Waals surface area (Å²) in [6, 6.07) is 5.58. The number of nitriles is 1. The Morgan fingerprint density at radius 3 is 2.94 bits per heavy atom. The SMILES string of the molecule is COCC#Cc1cc(C#N)c2c(c1)CN(C)C2=O. The fourth-order valence-electron chi connectivity index (χ4n) is 1.97. The summed E-state index contributed by atoms with van der Waals surface area (Å²) in [7, 11) is 3.30. The van der Waals surface area contributed by atoms with Gasteiger partial charge in [0.1, 0.15) is 12.7 Å². The fraction of sp³-hybridized carbons (Fsp3) is 0.286. The standard InChI is InChI=1S/C14H12N2O2/c1-16-9-12-7-10(4-3-5-18-2)6-11(8-15)13(12)14(16)17/h6-7H,5,9H2,1-2H3. The Hall–Kier alpha value is -2.30. The summed E-state index contributed by atoms with van der Waals surface area (Å²) in [4.78, 5) is 13.5. The maximum Gasteiger partial charge on any atom is 0.255 e. The largest absolute Gasteiger partial charge is 0.372 e. The maximum atomic E-state index is 11.9. The quantitative estimate of drug-likeness (QED) is 0.692. The molecule has 0 radical (unpaired) electrons. The average molecular weight is 240 g/mol. The molecule has 1 aliphatic rings. The molecule has 1 aliphatic heterocycles. The van der Waals surface area contributed by atoms with E-state index in [0.29, 0.717) is 24.3 Å². The van der Waals surface area contributed by atoms with E-state index in [-0.39, 0.29) is 5.91 Å². The van der Waals surface area contributed by atoms with Gasteiger partial charge in [-0.1, -0.05) is 11.8 Å². The number of carbonyl (C=O) groups excluding carboxylic acids is 1. The van der Waals surface area contributed by atoms with Gasteiger partial charge >= 0.3 is 0 Å². The lowest BCUT2D eigenvalue weighted by Crippen LogP contribution is -2.18. The van der Waals surface area contributed by atoms with Gasteiger partial charge < -0.3 is 9.64 Å². The Balaban J connectivity index is 2.47. The van der Waals surface area contributed by atoms with Crippen LogP contribution in [0.1, 0.15) is 27.0 Å². The highest BCUT2D eigenvalue weighted by Crippen LogP contribution is 2.26. The van der Waals surface area contributed by atoms with Gasteiger partial charge in [-0.05, 0) is 17.7 Å². The van der Waals surface area contributed by atoms with Crippen molar-refractivity contribution in [2.75, 3.05) is 20.8 Å². The normalized spacial score (nSPS) is 12.7. The molecule has 0 fully saturated rings. The molecular weight excluding hydrogens is 228 g/mol. The number of hydrogen-bond acceptors (Lipinski definition) is 3. The van der Waals surface area contributed by atoms with Gasteiger partial charge in [0.25, 0.3) is 5.91 Å². The molecular formula is C14H12N2O2. The van der Waals surface area contributed by atoms with Crippen LogP contribution in [0.3, 0.4) is 0 Å². The molecule has 0 atom stereocenters. The minimum atomic E-state index is -0.0991. The first kappa shape index (κ1) is 12.2. The van der Waals surface area contributed by atoms with Crippen molar-refractivity contribution in [3.8, 4) is 17.9 Å². The molecule has 0 spiro atoms. The van der Waals surface area contributed by atoms with E-state index in [4.69, 9.17) is 10.00 Å². The number of carbonyl (C=O) groups is 1. The third kappa shape index (κ3) is 2.07. The summed E-state index contributed by atoms with van der Waals surface area (Å²) < 4.78 is 4.85. The molecule has 0 aliphatic carbocycles. The number of hydrogen-bond donors (Lipinski definition) is 0. The van der Waals surface area contributed by atoms with E-state index in [2.05, 4.69) is 17.9 Å². The van der Waals surface area contributed by atoms with Crippen molar-refractivity contribution in [3.05, 3.63) is 34.4 Å². The molecule has 0 saturated heterocycles. The Bertz CT molecular complexity index is 603. The third-order valence-corrected chi connectivity index (χ3v) is 2.76. The van der Waals surface area contributed by atoms with Gasteiger partial charge in [-0.15, -0.1) is 0 Å². The fourth-order valence-corrected chi connectivity index (χ4v) is 1.97. The average Bonchev–Trinajstić information content (AvgIpc) is 2.65. The van der Waals surface area contributed by atoms with E-state index in [9.17, 15) is 4.79 Å². The highest BCUT2D eigenvalue weighted by Gasteiger charge is 2.27. The predicted octanol–water partition coefficient (Wildman–Crippen LogP) is 1.14. The zero-order valence-corrected chi connectivity index (χ0v) is 10.3. The first-order valence-corrected chi connectivity index (χ1v) is 5.47. The van der Waals surface area contributed by atoms with E-state index in [1.54, 1.807) is 25.1 Å². The van der Waals surface area contributed by atoms with E-state index >= 15 is 0 Å². The van der Waals surface area contributed by atoms with E-state index < -0.39 is 0 Å². The number of rotatable bonds is 1. The molecule has 1 amide bonds. The lowest BCUT2D eigenvalue weighted by atomic mass is 10.0. The molecule has 2 rings (SSSR count). The highest BCUT2D eigenvalue weighted by atomic mass is 16.5. The van der Waals surface area contributed by atoms with Crippen LogP contribution < -0.4 is 0 Å². The highest BCUT2D eigenvalue weighted by molar-refractivity contribution is 6.00. The smallest absolute Gasteiger partial charge is 0.255 e. The lowest BCUT2D eigenvalue weighted by Gasteiger charge is -2.04.